The highest BCUT2D eigenvalue weighted by Gasteiger charge is 2.22. The molecule has 4 aromatic heterocycles. The number of hydrogen-bond donors (Lipinski definition) is 4. The maximum atomic E-state index is 13.1. The minimum atomic E-state index is -0.680. The number of nitrogens with zero attached hydrogens (tertiary/aromatic N) is 5. The molecule has 4 N–H and O–H groups in total. The van der Waals surface area contributed by atoms with Crippen LogP contribution >= 0.6 is 0 Å². The Kier molecular flexibility index (Phi) is 8.88. The third kappa shape index (κ3) is 7.59. The van der Waals surface area contributed by atoms with E-state index in [1.165, 1.54) is 49.8 Å². The van der Waals surface area contributed by atoms with Gasteiger partial charge in [-0.25, -0.2) is 14.6 Å². The normalized spacial score (nSPS) is 11.1. The van der Waals surface area contributed by atoms with Crippen LogP contribution in [0.3, 0.4) is 0 Å². The van der Waals surface area contributed by atoms with Crippen molar-refractivity contribution in [1.82, 2.24) is 23.3 Å². The van der Waals surface area contributed by atoms with Gasteiger partial charge in [-0.05, 0) is 39.0 Å². The Labute approximate surface area is 258 Å². The van der Waals surface area contributed by atoms with Crippen molar-refractivity contribution in [2.45, 2.75) is 26.4 Å². The van der Waals surface area contributed by atoms with Gasteiger partial charge in [-0.3, -0.25) is 19.7 Å². The van der Waals surface area contributed by atoms with Crippen molar-refractivity contribution in [2.24, 2.45) is 28.2 Å². The third-order valence-electron chi connectivity index (χ3n) is 6.36. The number of amides is 4. The fourth-order valence-corrected chi connectivity index (χ4v) is 4.38. The van der Waals surface area contributed by atoms with Crippen molar-refractivity contribution in [3.05, 3.63) is 65.9 Å². The van der Waals surface area contributed by atoms with Crippen molar-refractivity contribution < 1.29 is 33.4 Å². The van der Waals surface area contributed by atoms with Crippen LogP contribution in [0.1, 0.15) is 62.9 Å². The van der Waals surface area contributed by atoms with Gasteiger partial charge in [0.05, 0.1) is 24.2 Å². The van der Waals surface area contributed by atoms with Crippen molar-refractivity contribution in [2.75, 3.05) is 28.4 Å². The molecule has 4 heterocycles. The zero-order valence-electron chi connectivity index (χ0n) is 26.1. The van der Waals surface area contributed by atoms with E-state index in [0.29, 0.717) is 17.1 Å². The van der Waals surface area contributed by atoms with Gasteiger partial charge in [-0.15, -0.1) is 0 Å². The van der Waals surface area contributed by atoms with Gasteiger partial charge in [0.1, 0.15) is 22.7 Å². The molecule has 0 aliphatic carbocycles. The van der Waals surface area contributed by atoms with Gasteiger partial charge in [-0.2, -0.15) is 0 Å². The number of carbonyl (C=O) groups is 5. The molecule has 0 atom stereocenters. The molecule has 0 saturated carbocycles. The van der Waals surface area contributed by atoms with E-state index in [9.17, 15) is 24.0 Å². The van der Waals surface area contributed by atoms with E-state index in [1.807, 2.05) is 0 Å². The second kappa shape index (κ2) is 12.4. The fourth-order valence-electron chi connectivity index (χ4n) is 4.38. The van der Waals surface area contributed by atoms with E-state index >= 15 is 0 Å². The highest BCUT2D eigenvalue weighted by molar-refractivity contribution is 6.07. The van der Waals surface area contributed by atoms with Crippen molar-refractivity contribution in [3.8, 4) is 0 Å². The lowest BCUT2D eigenvalue weighted by Gasteiger charge is -2.19. The summed E-state index contributed by atoms with van der Waals surface area (Å²) in [5.74, 6) is -1.98. The predicted molar refractivity (Wildman–Crippen MR) is 165 cm³/mol. The Bertz CT molecular complexity index is 1800. The molecule has 0 saturated heterocycles. The van der Waals surface area contributed by atoms with Gasteiger partial charge in [0, 0.05) is 53.0 Å². The number of anilines is 4. The Morgan fingerprint density at radius 1 is 0.644 bits per heavy atom. The highest BCUT2D eigenvalue weighted by atomic mass is 16.6. The molecule has 238 valence electrons. The molecule has 0 aromatic carbocycles. The zero-order chi connectivity index (χ0) is 33.2. The maximum Gasteiger partial charge on any atom is 0.412 e. The molecule has 0 bridgehead atoms. The van der Waals surface area contributed by atoms with Crippen LogP contribution in [-0.4, -0.2) is 65.7 Å². The van der Waals surface area contributed by atoms with E-state index in [0.717, 1.165) is 0 Å². The van der Waals surface area contributed by atoms with Crippen molar-refractivity contribution in [1.29, 1.82) is 0 Å². The molecule has 16 nitrogen and oxygen atoms in total. The molecule has 0 fully saturated rings. The number of ether oxygens (including phenoxy) is 2. The topological polar surface area (TPSA) is 185 Å². The Hall–Kier alpha value is -5.80. The minimum absolute atomic E-state index is 0.000979. The second-order valence-electron chi connectivity index (χ2n) is 11.2. The zero-order valence-corrected chi connectivity index (χ0v) is 26.1. The van der Waals surface area contributed by atoms with Crippen LogP contribution in [0.25, 0.3) is 0 Å². The standard InChI is InChI=1S/C29H35N9O7/c1-29(2,3)45-28(43)32-18-10-20(36(5)14-18)25(40)34-22-15-38(7)23(33-22)26(41)31-16-9-19(35(4)12-16)24(39)30-17-11-21(27(42)44-8)37(6)13-17/h9-15H,1-8H3,(H,30,39)(H,31,41)(H,32,43)(H,34,40). The highest BCUT2D eigenvalue weighted by Crippen LogP contribution is 2.20. The Morgan fingerprint density at radius 2 is 1.11 bits per heavy atom. The molecule has 0 aliphatic heterocycles. The van der Waals surface area contributed by atoms with Gasteiger partial charge in [0.2, 0.25) is 5.82 Å². The molecule has 16 heteroatoms. The van der Waals surface area contributed by atoms with Crippen LogP contribution in [0, 0.1) is 0 Å². The summed E-state index contributed by atoms with van der Waals surface area (Å²) in [6, 6.07) is 4.46. The lowest BCUT2D eigenvalue weighted by Crippen LogP contribution is -2.27. The van der Waals surface area contributed by atoms with Gasteiger partial charge in [-0.1, -0.05) is 0 Å². The van der Waals surface area contributed by atoms with Gasteiger partial charge >= 0.3 is 12.1 Å². The SMILES string of the molecule is COC(=O)c1cc(NC(=O)c2cc(NC(=O)c3nc(NC(=O)c4cc(NC(=O)OC(C)(C)C)cn4C)cn3C)cn2C)cn1C. The first kappa shape index (κ1) is 32.1. The summed E-state index contributed by atoms with van der Waals surface area (Å²) in [6.07, 6.45) is 5.51. The summed E-state index contributed by atoms with van der Waals surface area (Å²) in [5.41, 5.74) is 1.14. The number of rotatable bonds is 8. The summed E-state index contributed by atoms with van der Waals surface area (Å²) in [4.78, 5) is 67.1. The summed E-state index contributed by atoms with van der Waals surface area (Å²) >= 11 is 0. The summed E-state index contributed by atoms with van der Waals surface area (Å²) in [6.45, 7) is 5.22. The van der Waals surface area contributed by atoms with Gasteiger partial charge < -0.3 is 43.7 Å². The van der Waals surface area contributed by atoms with Crippen LogP contribution < -0.4 is 21.3 Å². The van der Waals surface area contributed by atoms with Gasteiger partial charge in [0.15, 0.2) is 5.82 Å². The molecular weight excluding hydrogens is 586 g/mol. The summed E-state index contributed by atoms with van der Waals surface area (Å²) in [7, 11) is 7.79. The number of methoxy groups -OCH3 is 1. The van der Waals surface area contributed by atoms with Crippen LogP contribution in [0.5, 0.6) is 0 Å². The number of nitrogens with one attached hydrogen (secondary N) is 4. The quantitative estimate of drug-likeness (QED) is 0.216. The molecule has 0 unspecified atom stereocenters. The number of aryl methyl sites for hydroxylation is 4. The molecule has 0 spiro atoms. The first-order valence-corrected chi connectivity index (χ1v) is 13.6. The maximum absolute atomic E-state index is 13.1. The number of carbonyl (C=O) groups excluding carboxylic acids is 5. The molecule has 4 aromatic rings. The largest absolute Gasteiger partial charge is 0.464 e. The monoisotopic (exact) mass is 621 g/mol. The fraction of sp³-hybridized carbons (Fsp3) is 0.310. The number of imidazole rings is 1. The number of hydrogen-bond acceptors (Lipinski definition) is 8. The van der Waals surface area contributed by atoms with Crippen LogP contribution in [-0.2, 0) is 37.7 Å². The number of esters is 1. The molecular formula is C29H35N9O7. The molecule has 4 amide bonds. The van der Waals surface area contributed by atoms with Crippen LogP contribution in [0.2, 0.25) is 0 Å². The van der Waals surface area contributed by atoms with Crippen LogP contribution in [0.15, 0.2) is 43.0 Å². The predicted octanol–water partition coefficient (Wildman–Crippen LogP) is 3.33. The lowest BCUT2D eigenvalue weighted by atomic mass is 10.2. The lowest BCUT2D eigenvalue weighted by molar-refractivity contribution is 0.0587. The van der Waals surface area contributed by atoms with E-state index in [1.54, 1.807) is 67.6 Å². The van der Waals surface area contributed by atoms with E-state index in [4.69, 9.17) is 9.47 Å². The van der Waals surface area contributed by atoms with Crippen molar-refractivity contribution in [3.63, 3.8) is 0 Å². The molecule has 4 rings (SSSR count). The average molecular weight is 622 g/mol. The van der Waals surface area contributed by atoms with E-state index < -0.39 is 35.4 Å². The van der Waals surface area contributed by atoms with Crippen molar-refractivity contribution >= 4 is 52.7 Å². The minimum Gasteiger partial charge on any atom is -0.464 e. The third-order valence-corrected chi connectivity index (χ3v) is 6.36. The summed E-state index contributed by atoms with van der Waals surface area (Å²) in [5, 5.41) is 10.7. The number of aromatic nitrogens is 5. The smallest absolute Gasteiger partial charge is 0.412 e. The second-order valence-corrected chi connectivity index (χ2v) is 11.2. The van der Waals surface area contributed by atoms with Crippen LogP contribution in [0.4, 0.5) is 27.7 Å². The molecule has 0 aliphatic rings. The first-order chi connectivity index (χ1) is 21.0. The molecule has 0 radical (unpaired) electrons. The van der Waals surface area contributed by atoms with E-state index in [2.05, 4.69) is 26.3 Å². The average Bonchev–Trinajstić information content (AvgIpc) is 3.68. The summed E-state index contributed by atoms with van der Waals surface area (Å²) < 4.78 is 16.0. The Balaban J connectivity index is 1.40. The van der Waals surface area contributed by atoms with E-state index in [-0.39, 0.29) is 28.7 Å². The molecule has 45 heavy (non-hydrogen) atoms. The Morgan fingerprint density at radius 3 is 1.64 bits per heavy atom. The van der Waals surface area contributed by atoms with Gasteiger partial charge in [0.25, 0.3) is 17.7 Å². The first-order valence-electron chi connectivity index (χ1n) is 13.6.